The summed E-state index contributed by atoms with van der Waals surface area (Å²) in [7, 11) is 1.41. The number of carbonyl (C=O) groups excluding carboxylic acids is 1. The highest BCUT2D eigenvalue weighted by atomic mass is 32.2. The number of halogens is 2. The number of hydrogen-bond acceptors (Lipinski definition) is 3. The van der Waals surface area contributed by atoms with Crippen LogP contribution in [0.1, 0.15) is 6.42 Å². The van der Waals surface area contributed by atoms with Crippen molar-refractivity contribution in [1.29, 1.82) is 0 Å². The van der Waals surface area contributed by atoms with Crippen molar-refractivity contribution in [2.75, 3.05) is 18.2 Å². The smallest absolute Gasteiger partial charge is 0.225 e. The summed E-state index contributed by atoms with van der Waals surface area (Å²) in [5.41, 5.74) is 0.431. The van der Waals surface area contributed by atoms with Crippen LogP contribution in [-0.2, 0) is 4.79 Å². The standard InChI is InChI=1S/C16H15F2NO2S/c1-21-15-10-12(18)4-7-14(15)19-16(20)8-9-22-13-5-2-11(17)3-6-13/h2-7,10H,8-9H2,1H3,(H,19,20). The fourth-order valence-corrected chi connectivity index (χ4v) is 2.63. The number of methoxy groups -OCH3 is 1. The molecule has 3 nitrogen and oxygen atoms in total. The Morgan fingerprint density at radius 2 is 1.82 bits per heavy atom. The highest BCUT2D eigenvalue weighted by Gasteiger charge is 2.08. The Bertz CT molecular complexity index is 647. The molecule has 2 aromatic carbocycles. The highest BCUT2D eigenvalue weighted by Crippen LogP contribution is 2.25. The maximum absolute atomic E-state index is 13.1. The van der Waals surface area contributed by atoms with Gasteiger partial charge in [0.15, 0.2) is 0 Å². The summed E-state index contributed by atoms with van der Waals surface area (Å²) in [5.74, 6) is -0.0766. The van der Waals surface area contributed by atoms with Gasteiger partial charge in [-0.2, -0.15) is 0 Å². The molecule has 0 aliphatic heterocycles. The van der Waals surface area contributed by atoms with Crippen LogP contribution in [0.5, 0.6) is 5.75 Å². The minimum absolute atomic E-state index is 0.195. The van der Waals surface area contributed by atoms with Crippen LogP contribution in [0, 0.1) is 11.6 Å². The van der Waals surface area contributed by atoms with Crippen LogP contribution >= 0.6 is 11.8 Å². The average molecular weight is 323 g/mol. The normalized spacial score (nSPS) is 10.3. The molecule has 0 bridgehead atoms. The average Bonchev–Trinajstić information content (AvgIpc) is 2.51. The lowest BCUT2D eigenvalue weighted by molar-refractivity contribution is -0.115. The second kappa shape index (κ2) is 7.79. The van der Waals surface area contributed by atoms with E-state index in [2.05, 4.69) is 5.32 Å². The van der Waals surface area contributed by atoms with Crippen molar-refractivity contribution < 1.29 is 18.3 Å². The molecule has 1 N–H and O–H groups in total. The molecule has 0 fully saturated rings. The van der Waals surface area contributed by atoms with Crippen LogP contribution in [0.4, 0.5) is 14.5 Å². The molecular weight excluding hydrogens is 308 g/mol. The molecule has 0 saturated heterocycles. The Labute approximate surface area is 131 Å². The van der Waals surface area contributed by atoms with Gasteiger partial charge < -0.3 is 10.1 Å². The van der Waals surface area contributed by atoms with E-state index in [-0.39, 0.29) is 23.9 Å². The van der Waals surface area contributed by atoms with Crippen molar-refractivity contribution in [1.82, 2.24) is 0 Å². The predicted octanol–water partition coefficient (Wildman–Crippen LogP) is 4.09. The second-order valence-corrected chi connectivity index (χ2v) is 5.61. The van der Waals surface area contributed by atoms with Crippen LogP contribution < -0.4 is 10.1 Å². The van der Waals surface area contributed by atoms with E-state index >= 15 is 0 Å². The predicted molar refractivity (Wildman–Crippen MR) is 83.3 cm³/mol. The molecule has 0 aromatic heterocycles. The Kier molecular flexibility index (Phi) is 5.77. The van der Waals surface area contributed by atoms with E-state index < -0.39 is 5.82 Å². The molecule has 0 aliphatic rings. The summed E-state index contributed by atoms with van der Waals surface area (Å²) in [4.78, 5) is 12.8. The first-order valence-corrected chi connectivity index (χ1v) is 7.59. The third-order valence-corrected chi connectivity index (χ3v) is 3.86. The summed E-state index contributed by atoms with van der Waals surface area (Å²) in [6, 6.07) is 10.0. The number of nitrogens with one attached hydrogen (secondary N) is 1. The van der Waals surface area contributed by atoms with Gasteiger partial charge in [0.2, 0.25) is 5.91 Å². The molecule has 1 amide bonds. The summed E-state index contributed by atoms with van der Waals surface area (Å²) in [6.07, 6.45) is 0.280. The van der Waals surface area contributed by atoms with E-state index in [1.807, 2.05) is 0 Å². The van der Waals surface area contributed by atoms with E-state index in [9.17, 15) is 13.6 Å². The van der Waals surface area contributed by atoms with E-state index in [1.165, 1.54) is 49.2 Å². The van der Waals surface area contributed by atoms with Gasteiger partial charge in [-0.15, -0.1) is 11.8 Å². The van der Waals surface area contributed by atoms with Crippen molar-refractivity contribution in [2.24, 2.45) is 0 Å². The summed E-state index contributed by atoms with van der Waals surface area (Å²) in [6.45, 7) is 0. The van der Waals surface area contributed by atoms with Gasteiger partial charge in [0.25, 0.3) is 0 Å². The lowest BCUT2D eigenvalue weighted by Crippen LogP contribution is -2.13. The molecule has 2 aromatic rings. The number of ether oxygens (including phenoxy) is 1. The molecule has 2 rings (SSSR count). The largest absolute Gasteiger partial charge is 0.494 e. The number of amides is 1. The minimum atomic E-state index is -0.429. The first-order chi connectivity index (χ1) is 10.6. The Morgan fingerprint density at radius 1 is 1.14 bits per heavy atom. The topological polar surface area (TPSA) is 38.3 Å². The second-order valence-electron chi connectivity index (χ2n) is 4.45. The Hall–Kier alpha value is -2.08. The molecule has 0 heterocycles. The first-order valence-electron chi connectivity index (χ1n) is 6.60. The van der Waals surface area contributed by atoms with Gasteiger partial charge in [-0.3, -0.25) is 4.79 Å². The quantitative estimate of drug-likeness (QED) is 0.814. The number of rotatable bonds is 6. The van der Waals surface area contributed by atoms with E-state index in [1.54, 1.807) is 12.1 Å². The molecular formula is C16H15F2NO2S. The molecule has 0 spiro atoms. The monoisotopic (exact) mass is 323 g/mol. The number of anilines is 1. The maximum atomic E-state index is 13.1. The molecule has 116 valence electrons. The molecule has 22 heavy (non-hydrogen) atoms. The maximum Gasteiger partial charge on any atom is 0.225 e. The van der Waals surface area contributed by atoms with Crippen molar-refractivity contribution in [3.8, 4) is 5.75 Å². The number of thioether (sulfide) groups is 1. The molecule has 0 aliphatic carbocycles. The lowest BCUT2D eigenvalue weighted by Gasteiger charge is -2.10. The summed E-state index contributed by atoms with van der Waals surface area (Å²) < 4.78 is 30.9. The van der Waals surface area contributed by atoms with Gasteiger partial charge in [0.1, 0.15) is 17.4 Å². The van der Waals surface area contributed by atoms with Crippen molar-refractivity contribution in [3.05, 3.63) is 54.1 Å². The molecule has 0 unspecified atom stereocenters. The van der Waals surface area contributed by atoms with Crippen LogP contribution in [0.15, 0.2) is 47.4 Å². The van der Waals surface area contributed by atoms with Gasteiger partial charge in [-0.1, -0.05) is 0 Å². The van der Waals surface area contributed by atoms with Gasteiger partial charge in [-0.05, 0) is 36.4 Å². The third-order valence-electron chi connectivity index (χ3n) is 2.85. The number of benzene rings is 2. The SMILES string of the molecule is COc1cc(F)ccc1NC(=O)CCSc1ccc(F)cc1. The van der Waals surface area contributed by atoms with Crippen molar-refractivity contribution in [2.45, 2.75) is 11.3 Å². The lowest BCUT2D eigenvalue weighted by atomic mass is 10.2. The van der Waals surface area contributed by atoms with E-state index in [4.69, 9.17) is 4.74 Å². The fourth-order valence-electron chi connectivity index (χ4n) is 1.77. The first kappa shape index (κ1) is 16.3. The van der Waals surface area contributed by atoms with Crippen molar-refractivity contribution >= 4 is 23.4 Å². The molecule has 0 atom stereocenters. The van der Waals surface area contributed by atoms with Gasteiger partial charge >= 0.3 is 0 Å². The summed E-state index contributed by atoms with van der Waals surface area (Å²) >= 11 is 1.46. The van der Waals surface area contributed by atoms with Crippen LogP contribution in [0.25, 0.3) is 0 Å². The zero-order chi connectivity index (χ0) is 15.9. The van der Waals surface area contributed by atoms with Crippen LogP contribution in [-0.4, -0.2) is 18.8 Å². The fraction of sp³-hybridized carbons (Fsp3) is 0.188. The van der Waals surface area contributed by atoms with Gasteiger partial charge in [-0.25, -0.2) is 8.78 Å². The van der Waals surface area contributed by atoms with E-state index in [0.29, 0.717) is 11.4 Å². The van der Waals surface area contributed by atoms with Crippen LogP contribution in [0.2, 0.25) is 0 Å². The number of carbonyl (C=O) groups is 1. The highest BCUT2D eigenvalue weighted by molar-refractivity contribution is 7.99. The number of hydrogen-bond donors (Lipinski definition) is 1. The summed E-state index contributed by atoms with van der Waals surface area (Å²) in [5, 5.41) is 2.68. The van der Waals surface area contributed by atoms with Crippen LogP contribution in [0.3, 0.4) is 0 Å². The van der Waals surface area contributed by atoms with E-state index in [0.717, 1.165) is 4.90 Å². The molecule has 0 radical (unpaired) electrons. The Morgan fingerprint density at radius 3 is 2.50 bits per heavy atom. The molecule has 6 heteroatoms. The zero-order valence-corrected chi connectivity index (χ0v) is 12.8. The van der Waals surface area contributed by atoms with Gasteiger partial charge in [0.05, 0.1) is 12.8 Å². The molecule has 0 saturated carbocycles. The minimum Gasteiger partial charge on any atom is -0.494 e. The van der Waals surface area contributed by atoms with Crippen molar-refractivity contribution in [3.63, 3.8) is 0 Å². The zero-order valence-electron chi connectivity index (χ0n) is 11.9. The third kappa shape index (κ3) is 4.73. The Balaban J connectivity index is 1.84. The van der Waals surface area contributed by atoms with Gasteiger partial charge in [0, 0.05) is 23.1 Å².